The summed E-state index contributed by atoms with van der Waals surface area (Å²) in [6.07, 6.45) is 3.05. The van der Waals surface area contributed by atoms with Gasteiger partial charge in [-0.2, -0.15) is 0 Å². The molecule has 1 atom stereocenters. The number of hydrogen-bond acceptors (Lipinski definition) is 2. The fourth-order valence-corrected chi connectivity index (χ4v) is 1.27. The van der Waals surface area contributed by atoms with Crippen molar-refractivity contribution in [2.45, 2.75) is 6.42 Å². The average molecular weight is 176 g/mol. The van der Waals surface area contributed by atoms with Crippen LogP contribution in [0.4, 0.5) is 0 Å². The van der Waals surface area contributed by atoms with E-state index in [4.69, 9.17) is 16.3 Å². The third-order valence-electron chi connectivity index (χ3n) is 1.82. The predicted octanol–water partition coefficient (Wildman–Crippen LogP) is 1.36. The van der Waals surface area contributed by atoms with Gasteiger partial charge in [0.1, 0.15) is 0 Å². The van der Waals surface area contributed by atoms with Crippen molar-refractivity contribution in [3.63, 3.8) is 0 Å². The Morgan fingerprint density at radius 2 is 2.55 bits per heavy atom. The van der Waals surface area contributed by atoms with Gasteiger partial charge in [0.05, 0.1) is 13.2 Å². The van der Waals surface area contributed by atoms with Crippen molar-refractivity contribution < 1.29 is 4.74 Å². The molecule has 1 aliphatic rings. The Morgan fingerprint density at radius 3 is 3.18 bits per heavy atom. The van der Waals surface area contributed by atoms with Gasteiger partial charge in [-0.25, -0.2) is 0 Å². The highest BCUT2D eigenvalue weighted by Crippen LogP contribution is 2.07. The molecule has 0 radical (unpaired) electrons. The molecule has 0 bridgehead atoms. The van der Waals surface area contributed by atoms with E-state index < -0.39 is 0 Å². The zero-order valence-corrected chi connectivity index (χ0v) is 7.31. The quantitative estimate of drug-likeness (QED) is 0.652. The lowest BCUT2D eigenvalue weighted by atomic mass is 10.1. The van der Waals surface area contributed by atoms with E-state index in [2.05, 4.69) is 5.32 Å². The van der Waals surface area contributed by atoms with Gasteiger partial charge in [0, 0.05) is 12.1 Å². The Kier molecular flexibility index (Phi) is 4.59. The van der Waals surface area contributed by atoms with Crippen LogP contribution in [0.1, 0.15) is 6.42 Å². The first-order valence-electron chi connectivity index (χ1n) is 3.97. The zero-order chi connectivity index (χ0) is 7.94. The summed E-state index contributed by atoms with van der Waals surface area (Å²) in [5, 5.41) is 3.29. The standard InChI is InChI=1S/C8H14ClNO/c9-3-1-5-11-7-8-2-4-10-6-8/h1,3,8,10H,2,4-7H2. The van der Waals surface area contributed by atoms with E-state index in [9.17, 15) is 0 Å². The van der Waals surface area contributed by atoms with E-state index in [-0.39, 0.29) is 0 Å². The Morgan fingerprint density at radius 1 is 1.64 bits per heavy atom. The number of rotatable bonds is 4. The van der Waals surface area contributed by atoms with E-state index in [0.717, 1.165) is 19.7 Å². The normalized spacial score (nSPS) is 25.0. The molecule has 1 N–H and O–H groups in total. The number of ether oxygens (including phenoxy) is 1. The average Bonchev–Trinajstić information content (AvgIpc) is 2.50. The first-order chi connectivity index (χ1) is 5.43. The maximum absolute atomic E-state index is 5.35. The van der Waals surface area contributed by atoms with Crippen molar-refractivity contribution >= 4 is 11.6 Å². The molecule has 0 amide bonds. The highest BCUT2D eigenvalue weighted by molar-refractivity contribution is 6.25. The fourth-order valence-electron chi connectivity index (χ4n) is 1.20. The summed E-state index contributed by atoms with van der Waals surface area (Å²) in [7, 11) is 0. The van der Waals surface area contributed by atoms with Gasteiger partial charge in [-0.15, -0.1) is 0 Å². The lowest BCUT2D eigenvalue weighted by Gasteiger charge is -2.06. The summed E-state index contributed by atoms with van der Waals surface area (Å²) in [4.78, 5) is 0. The smallest absolute Gasteiger partial charge is 0.0659 e. The third-order valence-corrected chi connectivity index (χ3v) is 2.00. The van der Waals surface area contributed by atoms with Crippen LogP contribution in [0.5, 0.6) is 0 Å². The summed E-state index contributed by atoms with van der Waals surface area (Å²) < 4.78 is 5.35. The second-order valence-corrected chi connectivity index (χ2v) is 3.01. The highest BCUT2D eigenvalue weighted by Gasteiger charge is 2.13. The van der Waals surface area contributed by atoms with Crippen LogP contribution >= 0.6 is 11.6 Å². The van der Waals surface area contributed by atoms with Crippen molar-refractivity contribution in [2.75, 3.05) is 26.3 Å². The third kappa shape index (κ3) is 3.75. The van der Waals surface area contributed by atoms with E-state index in [1.807, 2.05) is 6.08 Å². The van der Waals surface area contributed by atoms with Gasteiger partial charge in [-0.05, 0) is 25.0 Å². The molecule has 0 aliphatic carbocycles. The van der Waals surface area contributed by atoms with Crippen molar-refractivity contribution in [1.82, 2.24) is 5.32 Å². The number of halogens is 1. The monoisotopic (exact) mass is 175 g/mol. The van der Waals surface area contributed by atoms with Crippen LogP contribution in [0.2, 0.25) is 0 Å². The molecule has 2 nitrogen and oxygen atoms in total. The van der Waals surface area contributed by atoms with Crippen molar-refractivity contribution in [1.29, 1.82) is 0 Å². The van der Waals surface area contributed by atoms with Crippen LogP contribution in [-0.4, -0.2) is 26.3 Å². The summed E-state index contributed by atoms with van der Waals surface area (Å²) in [6.45, 7) is 3.73. The van der Waals surface area contributed by atoms with Crippen LogP contribution in [-0.2, 0) is 4.74 Å². The number of nitrogens with one attached hydrogen (secondary N) is 1. The lowest BCUT2D eigenvalue weighted by molar-refractivity contribution is 0.129. The molecular weight excluding hydrogens is 162 g/mol. The first kappa shape index (κ1) is 9.04. The van der Waals surface area contributed by atoms with Gasteiger partial charge < -0.3 is 10.1 Å². The van der Waals surface area contributed by atoms with Gasteiger partial charge >= 0.3 is 0 Å². The SMILES string of the molecule is ClC=CCOCC1CCNC1. The molecule has 1 fully saturated rings. The van der Waals surface area contributed by atoms with Crippen molar-refractivity contribution in [3.8, 4) is 0 Å². The van der Waals surface area contributed by atoms with Crippen molar-refractivity contribution in [2.24, 2.45) is 5.92 Å². The van der Waals surface area contributed by atoms with E-state index in [0.29, 0.717) is 12.5 Å². The van der Waals surface area contributed by atoms with Crippen LogP contribution < -0.4 is 5.32 Å². The minimum Gasteiger partial charge on any atom is -0.377 e. The molecule has 0 aromatic rings. The first-order valence-corrected chi connectivity index (χ1v) is 4.41. The minimum absolute atomic E-state index is 0.639. The van der Waals surface area contributed by atoms with Crippen molar-refractivity contribution in [3.05, 3.63) is 11.6 Å². The largest absolute Gasteiger partial charge is 0.377 e. The molecule has 0 aromatic heterocycles. The van der Waals surface area contributed by atoms with Crippen LogP contribution in [0.15, 0.2) is 11.6 Å². The molecule has 11 heavy (non-hydrogen) atoms. The molecule has 0 saturated carbocycles. The van der Waals surface area contributed by atoms with Crippen LogP contribution in [0.25, 0.3) is 0 Å². The second-order valence-electron chi connectivity index (χ2n) is 2.76. The molecule has 1 rings (SSSR count). The Balaban J connectivity index is 1.93. The molecule has 1 saturated heterocycles. The lowest BCUT2D eigenvalue weighted by Crippen LogP contribution is -2.13. The summed E-state index contributed by atoms with van der Waals surface area (Å²) in [5.41, 5.74) is 1.49. The fraction of sp³-hybridized carbons (Fsp3) is 0.750. The molecular formula is C8H14ClNO. The van der Waals surface area contributed by atoms with E-state index in [1.165, 1.54) is 12.0 Å². The molecule has 0 aromatic carbocycles. The molecule has 1 unspecified atom stereocenters. The van der Waals surface area contributed by atoms with E-state index in [1.54, 1.807) is 0 Å². The van der Waals surface area contributed by atoms with Gasteiger partial charge in [-0.1, -0.05) is 11.6 Å². The molecule has 1 heterocycles. The number of hydrogen-bond donors (Lipinski definition) is 1. The maximum Gasteiger partial charge on any atom is 0.0659 e. The van der Waals surface area contributed by atoms with Gasteiger partial charge in [-0.3, -0.25) is 0 Å². The minimum atomic E-state index is 0.639. The zero-order valence-electron chi connectivity index (χ0n) is 6.55. The maximum atomic E-state index is 5.35. The summed E-state index contributed by atoms with van der Waals surface area (Å²) in [5.74, 6) is 0.707. The summed E-state index contributed by atoms with van der Waals surface area (Å²) in [6, 6.07) is 0. The second kappa shape index (κ2) is 5.58. The Hall–Kier alpha value is -0.0500. The van der Waals surface area contributed by atoms with Crippen LogP contribution in [0.3, 0.4) is 0 Å². The van der Waals surface area contributed by atoms with Gasteiger partial charge in [0.2, 0.25) is 0 Å². The molecule has 64 valence electrons. The molecule has 1 aliphatic heterocycles. The van der Waals surface area contributed by atoms with Gasteiger partial charge in [0.15, 0.2) is 0 Å². The van der Waals surface area contributed by atoms with E-state index >= 15 is 0 Å². The Labute approximate surface area is 72.6 Å². The summed E-state index contributed by atoms with van der Waals surface area (Å²) >= 11 is 5.32. The molecule has 0 spiro atoms. The van der Waals surface area contributed by atoms with Crippen LogP contribution in [0, 0.1) is 5.92 Å². The molecule has 3 heteroatoms. The highest BCUT2D eigenvalue weighted by atomic mass is 35.5. The predicted molar refractivity (Wildman–Crippen MR) is 46.8 cm³/mol. The Bertz CT molecular complexity index is 121. The van der Waals surface area contributed by atoms with Gasteiger partial charge in [0.25, 0.3) is 0 Å². The topological polar surface area (TPSA) is 21.3 Å².